The fraction of sp³-hybridized carbons (Fsp3) is 0.391. The maximum absolute atomic E-state index is 13.2. The van der Waals surface area contributed by atoms with Crippen molar-refractivity contribution in [1.82, 2.24) is 24.8 Å². The molecule has 1 fully saturated rings. The van der Waals surface area contributed by atoms with Gasteiger partial charge in [-0.1, -0.05) is 23.7 Å². The Morgan fingerprint density at radius 1 is 1.18 bits per heavy atom. The van der Waals surface area contributed by atoms with Crippen LogP contribution in [0.2, 0.25) is 5.02 Å². The second-order valence-electron chi connectivity index (χ2n) is 8.39. The summed E-state index contributed by atoms with van der Waals surface area (Å²) < 4.78 is 40.9. The third-order valence-corrected chi connectivity index (χ3v) is 6.18. The van der Waals surface area contributed by atoms with E-state index in [9.17, 15) is 22.8 Å². The highest BCUT2D eigenvalue weighted by Gasteiger charge is 2.33. The first kappa shape index (κ1) is 24.0. The normalized spacial score (nSPS) is 17.6. The van der Waals surface area contributed by atoms with Crippen molar-refractivity contribution in [3.63, 3.8) is 0 Å². The number of nitrogens with zero attached hydrogens (tertiary/aromatic N) is 4. The van der Waals surface area contributed by atoms with Gasteiger partial charge in [-0.15, -0.1) is 10.2 Å². The van der Waals surface area contributed by atoms with Crippen LogP contribution in [0.4, 0.5) is 13.2 Å². The molecular formula is C23H23ClF3N5O2. The molecule has 1 saturated heterocycles. The van der Waals surface area contributed by atoms with Crippen molar-refractivity contribution in [3.8, 4) is 0 Å². The predicted molar refractivity (Wildman–Crippen MR) is 119 cm³/mol. The maximum atomic E-state index is 13.2. The van der Waals surface area contributed by atoms with E-state index >= 15 is 0 Å². The summed E-state index contributed by atoms with van der Waals surface area (Å²) in [6.45, 7) is 2.21. The van der Waals surface area contributed by atoms with E-state index in [0.717, 1.165) is 17.8 Å². The highest BCUT2D eigenvalue weighted by Crippen LogP contribution is 2.32. The van der Waals surface area contributed by atoms with E-state index in [1.807, 2.05) is 0 Å². The summed E-state index contributed by atoms with van der Waals surface area (Å²) in [6, 6.07) is 8.65. The minimum atomic E-state index is -4.48. The van der Waals surface area contributed by atoms with Crippen LogP contribution < -0.4 is 5.32 Å². The number of rotatable bonds is 5. The van der Waals surface area contributed by atoms with Gasteiger partial charge in [0.1, 0.15) is 5.82 Å². The van der Waals surface area contributed by atoms with Gasteiger partial charge in [0, 0.05) is 37.2 Å². The van der Waals surface area contributed by atoms with Crippen LogP contribution in [-0.2, 0) is 15.8 Å². The molecule has 4 rings (SSSR count). The van der Waals surface area contributed by atoms with Gasteiger partial charge in [-0.05, 0) is 42.7 Å². The van der Waals surface area contributed by atoms with Crippen molar-refractivity contribution in [2.75, 3.05) is 13.1 Å². The van der Waals surface area contributed by atoms with E-state index in [1.165, 1.54) is 17.4 Å². The molecular weight excluding hydrogens is 471 g/mol. The number of carbonyl (C=O) groups is 2. The molecule has 2 atom stereocenters. The molecule has 11 heteroatoms. The molecule has 2 aromatic heterocycles. The number of nitrogens with one attached hydrogen (secondary N) is 1. The Balaban J connectivity index is 1.52. The quantitative estimate of drug-likeness (QED) is 0.572. The van der Waals surface area contributed by atoms with E-state index in [0.29, 0.717) is 42.4 Å². The van der Waals surface area contributed by atoms with Crippen LogP contribution in [0.1, 0.15) is 55.1 Å². The molecule has 2 unspecified atom stereocenters. The third-order valence-electron chi connectivity index (χ3n) is 5.92. The van der Waals surface area contributed by atoms with Gasteiger partial charge >= 0.3 is 6.18 Å². The van der Waals surface area contributed by atoms with Crippen LogP contribution in [0.15, 0.2) is 42.6 Å². The summed E-state index contributed by atoms with van der Waals surface area (Å²) >= 11 is 5.95. The van der Waals surface area contributed by atoms with Gasteiger partial charge in [-0.25, -0.2) is 0 Å². The van der Waals surface area contributed by atoms with Crippen molar-refractivity contribution in [3.05, 3.63) is 64.6 Å². The molecule has 1 N–H and O–H groups in total. The zero-order valence-corrected chi connectivity index (χ0v) is 19.1. The lowest BCUT2D eigenvalue weighted by atomic mass is 9.96. The molecule has 3 aromatic rings. The molecule has 0 spiro atoms. The lowest BCUT2D eigenvalue weighted by molar-refractivity contribution is -0.138. The molecule has 1 aliphatic heterocycles. The van der Waals surface area contributed by atoms with Gasteiger partial charge in [0.15, 0.2) is 5.65 Å². The van der Waals surface area contributed by atoms with Crippen LogP contribution in [0, 0.1) is 0 Å². The van der Waals surface area contributed by atoms with E-state index in [2.05, 4.69) is 15.5 Å². The standard InChI is InChI=1S/C23H23ClF3N5O2/c1-14(33)28-19(15-4-7-18(24)8-5-15)11-21(34)31-10-2-3-16(12-31)22-30-29-20-9-6-17(13-32(20)22)23(25,26)27/h4-9,13,16,19H,2-3,10-12H2,1H3,(H,28,33). The zero-order chi connectivity index (χ0) is 24.5. The highest BCUT2D eigenvalue weighted by molar-refractivity contribution is 6.30. The minimum absolute atomic E-state index is 0.0483. The van der Waals surface area contributed by atoms with Crippen molar-refractivity contribution in [2.24, 2.45) is 0 Å². The second-order valence-corrected chi connectivity index (χ2v) is 8.83. The topological polar surface area (TPSA) is 79.6 Å². The van der Waals surface area contributed by atoms with Gasteiger partial charge in [0.05, 0.1) is 18.0 Å². The van der Waals surface area contributed by atoms with Gasteiger partial charge in [-0.2, -0.15) is 13.2 Å². The number of amides is 2. The Morgan fingerprint density at radius 2 is 1.91 bits per heavy atom. The van der Waals surface area contributed by atoms with Gasteiger partial charge < -0.3 is 10.2 Å². The van der Waals surface area contributed by atoms with Crippen LogP contribution >= 0.6 is 11.6 Å². The minimum Gasteiger partial charge on any atom is -0.349 e. The van der Waals surface area contributed by atoms with E-state index in [-0.39, 0.29) is 24.2 Å². The van der Waals surface area contributed by atoms with E-state index in [4.69, 9.17) is 11.6 Å². The van der Waals surface area contributed by atoms with Gasteiger partial charge in [0.2, 0.25) is 11.8 Å². The first-order valence-corrected chi connectivity index (χ1v) is 11.2. The number of piperidine rings is 1. The molecule has 0 aliphatic carbocycles. The monoisotopic (exact) mass is 493 g/mol. The average molecular weight is 494 g/mol. The van der Waals surface area contributed by atoms with Crippen LogP contribution in [0.5, 0.6) is 0 Å². The number of pyridine rings is 1. The summed E-state index contributed by atoms with van der Waals surface area (Å²) in [5.74, 6) is -0.288. The molecule has 180 valence electrons. The first-order valence-electron chi connectivity index (χ1n) is 10.8. The predicted octanol–water partition coefficient (Wildman–Crippen LogP) is 4.38. The molecule has 34 heavy (non-hydrogen) atoms. The number of benzene rings is 1. The maximum Gasteiger partial charge on any atom is 0.417 e. The van der Waals surface area contributed by atoms with Crippen molar-refractivity contribution in [2.45, 2.75) is 44.3 Å². The SMILES string of the molecule is CC(=O)NC(CC(=O)N1CCCC(c2nnc3ccc(C(F)(F)F)cn23)C1)c1ccc(Cl)cc1. The number of aromatic nitrogens is 3. The number of halogens is 4. The Morgan fingerprint density at radius 3 is 2.59 bits per heavy atom. The largest absolute Gasteiger partial charge is 0.417 e. The molecule has 1 aliphatic rings. The zero-order valence-electron chi connectivity index (χ0n) is 18.3. The summed E-state index contributed by atoms with van der Waals surface area (Å²) in [5.41, 5.74) is 0.287. The average Bonchev–Trinajstić information content (AvgIpc) is 3.22. The van der Waals surface area contributed by atoms with Crippen molar-refractivity contribution in [1.29, 1.82) is 0 Å². The molecule has 7 nitrogen and oxygen atoms in total. The highest BCUT2D eigenvalue weighted by atomic mass is 35.5. The Bertz CT molecular complexity index is 1200. The number of alkyl halides is 3. The molecule has 2 amide bonds. The Kier molecular flexibility index (Phi) is 6.79. The molecule has 0 bridgehead atoms. The molecule has 1 aromatic carbocycles. The molecule has 0 radical (unpaired) electrons. The Hall–Kier alpha value is -3.14. The first-order chi connectivity index (χ1) is 16.1. The van der Waals surface area contributed by atoms with Gasteiger partial charge in [-0.3, -0.25) is 14.0 Å². The smallest absolute Gasteiger partial charge is 0.349 e. The van der Waals surface area contributed by atoms with Crippen molar-refractivity contribution >= 4 is 29.1 Å². The van der Waals surface area contributed by atoms with E-state index in [1.54, 1.807) is 29.2 Å². The summed E-state index contributed by atoms with van der Waals surface area (Å²) in [7, 11) is 0. The van der Waals surface area contributed by atoms with Gasteiger partial charge in [0.25, 0.3) is 0 Å². The van der Waals surface area contributed by atoms with Crippen LogP contribution in [0.3, 0.4) is 0 Å². The second kappa shape index (κ2) is 9.61. The summed E-state index contributed by atoms with van der Waals surface area (Å²) in [5, 5.41) is 11.5. The number of fused-ring (bicyclic) bond motifs is 1. The van der Waals surface area contributed by atoms with Crippen molar-refractivity contribution < 1.29 is 22.8 Å². The fourth-order valence-electron chi connectivity index (χ4n) is 4.27. The van der Waals surface area contributed by atoms with Crippen LogP contribution in [-0.4, -0.2) is 44.4 Å². The Labute approximate surface area is 198 Å². The third kappa shape index (κ3) is 5.32. The van der Waals surface area contributed by atoms with Crippen LogP contribution in [0.25, 0.3) is 5.65 Å². The summed E-state index contributed by atoms with van der Waals surface area (Å²) in [4.78, 5) is 26.5. The number of hydrogen-bond acceptors (Lipinski definition) is 4. The fourth-order valence-corrected chi connectivity index (χ4v) is 4.39. The molecule has 0 saturated carbocycles. The number of hydrogen-bond donors (Lipinski definition) is 1. The lowest BCUT2D eigenvalue weighted by Gasteiger charge is -2.33. The molecule has 3 heterocycles. The lowest BCUT2D eigenvalue weighted by Crippen LogP contribution is -2.41. The summed E-state index contributed by atoms with van der Waals surface area (Å²) in [6.07, 6.45) is -2.08. The number of likely N-dealkylation sites (tertiary alicyclic amines) is 1. The number of carbonyl (C=O) groups excluding carboxylic acids is 2. The van der Waals surface area contributed by atoms with E-state index < -0.39 is 17.8 Å².